The van der Waals surface area contributed by atoms with Crippen LogP contribution < -0.4 is 10.6 Å². The Morgan fingerprint density at radius 1 is 1.26 bits per heavy atom. The molecule has 2 aliphatic rings. The Labute approximate surface area is 191 Å². The lowest BCUT2D eigenvalue weighted by molar-refractivity contribution is 0.0845. The van der Waals surface area contributed by atoms with Gasteiger partial charge in [0.15, 0.2) is 0 Å². The highest BCUT2D eigenvalue weighted by molar-refractivity contribution is 9.10. The normalized spacial score (nSPS) is 23.1. The first-order valence-corrected chi connectivity index (χ1v) is 11.7. The van der Waals surface area contributed by atoms with Gasteiger partial charge in [0.25, 0.3) is 0 Å². The Balaban J connectivity index is 1.57. The summed E-state index contributed by atoms with van der Waals surface area (Å²) in [5.41, 5.74) is 4.53. The molecule has 7 heteroatoms. The largest absolute Gasteiger partial charge is 0.391 e. The summed E-state index contributed by atoms with van der Waals surface area (Å²) in [5.74, 6) is 0.239. The van der Waals surface area contributed by atoms with Crippen LogP contribution in [-0.2, 0) is 10.2 Å². The molecule has 0 spiro atoms. The molecule has 1 fully saturated rings. The third-order valence-corrected chi connectivity index (χ3v) is 7.26. The smallest absolute Gasteiger partial charge is 0.319 e. The Morgan fingerprint density at radius 2 is 1.97 bits per heavy atom. The van der Waals surface area contributed by atoms with Gasteiger partial charge in [0.1, 0.15) is 4.60 Å². The number of halogens is 1. The van der Waals surface area contributed by atoms with E-state index in [1.807, 2.05) is 31.2 Å². The van der Waals surface area contributed by atoms with Crippen molar-refractivity contribution < 1.29 is 14.6 Å². The summed E-state index contributed by atoms with van der Waals surface area (Å²) in [4.78, 5) is 17.8. The van der Waals surface area contributed by atoms with Crippen molar-refractivity contribution in [3.63, 3.8) is 0 Å². The molecule has 166 valence electrons. The van der Waals surface area contributed by atoms with Crippen LogP contribution in [0.15, 0.2) is 34.9 Å². The van der Waals surface area contributed by atoms with Crippen LogP contribution in [0.2, 0.25) is 0 Å². The number of carbonyl (C=O) groups is 1. The lowest BCUT2D eigenvalue weighted by Gasteiger charge is -2.40. The third-order valence-electron chi connectivity index (χ3n) is 6.45. The van der Waals surface area contributed by atoms with E-state index in [1.165, 1.54) is 0 Å². The maximum atomic E-state index is 13.0. The van der Waals surface area contributed by atoms with Gasteiger partial charge in [-0.3, -0.25) is 0 Å². The van der Waals surface area contributed by atoms with Gasteiger partial charge >= 0.3 is 6.03 Å². The van der Waals surface area contributed by atoms with Gasteiger partial charge in [0, 0.05) is 19.1 Å². The van der Waals surface area contributed by atoms with Crippen LogP contribution in [-0.4, -0.2) is 35.4 Å². The number of aliphatic hydroxyl groups excluding tert-OH is 1. The lowest BCUT2D eigenvalue weighted by atomic mass is 9.70. The molecule has 1 aliphatic carbocycles. The number of nitrogens with one attached hydrogen (secondary N) is 2. The summed E-state index contributed by atoms with van der Waals surface area (Å²) >= 11 is 3.53. The van der Waals surface area contributed by atoms with E-state index < -0.39 is 12.1 Å². The summed E-state index contributed by atoms with van der Waals surface area (Å²) in [7, 11) is 0. The van der Waals surface area contributed by atoms with Gasteiger partial charge in [-0.15, -0.1) is 0 Å². The maximum absolute atomic E-state index is 13.0. The highest BCUT2D eigenvalue weighted by atomic mass is 79.9. The minimum absolute atomic E-state index is 0.145. The first-order chi connectivity index (χ1) is 14.8. The molecule has 1 aliphatic heterocycles. The van der Waals surface area contributed by atoms with Crippen molar-refractivity contribution in [3.8, 4) is 0 Å². The van der Waals surface area contributed by atoms with Crippen molar-refractivity contribution in [2.75, 3.05) is 18.5 Å². The number of carbonyl (C=O) groups excluding carboxylic acids is 1. The number of amides is 2. The average molecular weight is 488 g/mol. The second kappa shape index (κ2) is 8.88. The van der Waals surface area contributed by atoms with Gasteiger partial charge in [-0.25, -0.2) is 9.78 Å². The summed E-state index contributed by atoms with van der Waals surface area (Å²) in [6.07, 6.45) is 1.68. The fourth-order valence-corrected chi connectivity index (χ4v) is 5.11. The zero-order valence-corrected chi connectivity index (χ0v) is 19.8. The molecule has 3 N–H and O–H groups in total. The van der Waals surface area contributed by atoms with E-state index in [0.717, 1.165) is 39.8 Å². The van der Waals surface area contributed by atoms with Gasteiger partial charge in [0.05, 0.1) is 23.5 Å². The van der Waals surface area contributed by atoms with Crippen LogP contribution in [0.5, 0.6) is 0 Å². The zero-order chi connectivity index (χ0) is 22.2. The number of hydrogen-bond donors (Lipinski definition) is 3. The van der Waals surface area contributed by atoms with E-state index in [0.29, 0.717) is 25.3 Å². The van der Waals surface area contributed by atoms with Crippen LogP contribution in [0.1, 0.15) is 67.5 Å². The first kappa shape index (κ1) is 22.2. The number of aryl methyl sites for hydroxylation is 1. The molecular formula is C24H30BrN3O3. The maximum Gasteiger partial charge on any atom is 0.319 e. The number of aliphatic hydroxyl groups is 1. The third kappa shape index (κ3) is 4.64. The summed E-state index contributed by atoms with van der Waals surface area (Å²) in [5, 5.41) is 16.9. The quantitative estimate of drug-likeness (QED) is 0.534. The van der Waals surface area contributed by atoms with Crippen molar-refractivity contribution in [2.45, 2.75) is 63.5 Å². The molecule has 6 nitrogen and oxygen atoms in total. The molecule has 2 atom stereocenters. The van der Waals surface area contributed by atoms with Crippen LogP contribution >= 0.6 is 15.9 Å². The molecule has 2 heterocycles. The first-order valence-electron chi connectivity index (χ1n) is 10.9. The van der Waals surface area contributed by atoms with Crippen molar-refractivity contribution in [1.82, 2.24) is 10.3 Å². The number of ether oxygens (including phenoxy) is 1. The number of pyridine rings is 1. The standard InChI is InChI=1S/C24H30BrN3O3/c1-14-12-18(20(27-22(14)25)15-8-10-31-11-9-15)26-23(30)28-21-16-6-4-5-7-17(16)24(2,3)13-19(21)29/h4-7,12,15,19,21,29H,8-11,13H2,1-3H3,(H2,26,28,30)/t19-,21-/m1/s1. The van der Waals surface area contributed by atoms with Gasteiger partial charge in [-0.1, -0.05) is 38.1 Å². The molecule has 0 saturated carbocycles. The molecule has 0 radical (unpaired) electrons. The second-order valence-corrected chi connectivity index (χ2v) is 9.99. The van der Waals surface area contributed by atoms with E-state index in [1.54, 1.807) is 0 Å². The molecule has 4 rings (SSSR count). The molecular weight excluding hydrogens is 458 g/mol. The molecule has 0 bridgehead atoms. The van der Waals surface area contributed by atoms with Crippen molar-refractivity contribution in [3.05, 3.63) is 57.3 Å². The van der Waals surface area contributed by atoms with E-state index in [2.05, 4.69) is 46.5 Å². The number of fused-ring (bicyclic) bond motifs is 1. The molecule has 2 amide bonds. The number of hydrogen-bond acceptors (Lipinski definition) is 4. The van der Waals surface area contributed by atoms with Gasteiger partial charge in [-0.2, -0.15) is 0 Å². The van der Waals surface area contributed by atoms with Crippen LogP contribution in [0.4, 0.5) is 10.5 Å². The number of rotatable bonds is 3. The SMILES string of the molecule is Cc1cc(NC(=O)N[C@@H]2c3ccccc3C(C)(C)C[C@H]2O)c(C2CCOCC2)nc1Br. The monoisotopic (exact) mass is 487 g/mol. The fraction of sp³-hybridized carbons (Fsp3) is 0.500. The van der Waals surface area contributed by atoms with Crippen LogP contribution in [0.25, 0.3) is 0 Å². The number of urea groups is 1. The van der Waals surface area contributed by atoms with Crippen molar-refractivity contribution in [1.29, 1.82) is 0 Å². The molecule has 31 heavy (non-hydrogen) atoms. The minimum atomic E-state index is -0.657. The van der Waals surface area contributed by atoms with Gasteiger partial charge in [-0.05, 0) is 70.3 Å². The second-order valence-electron chi connectivity index (χ2n) is 9.23. The molecule has 1 saturated heterocycles. The number of anilines is 1. The Bertz CT molecular complexity index is 973. The highest BCUT2D eigenvalue weighted by Crippen LogP contribution is 2.41. The average Bonchev–Trinajstić information content (AvgIpc) is 2.74. The molecule has 0 unspecified atom stereocenters. The predicted molar refractivity (Wildman–Crippen MR) is 124 cm³/mol. The fourth-order valence-electron chi connectivity index (χ4n) is 4.80. The topological polar surface area (TPSA) is 83.5 Å². The summed E-state index contributed by atoms with van der Waals surface area (Å²) in [6, 6.07) is 9.19. The number of benzene rings is 1. The molecule has 2 aromatic rings. The lowest BCUT2D eigenvalue weighted by Crippen LogP contribution is -2.45. The molecule has 1 aromatic carbocycles. The highest BCUT2D eigenvalue weighted by Gasteiger charge is 2.39. The van der Waals surface area contributed by atoms with E-state index in [-0.39, 0.29) is 17.4 Å². The van der Waals surface area contributed by atoms with Crippen molar-refractivity contribution in [2.24, 2.45) is 0 Å². The van der Waals surface area contributed by atoms with Crippen LogP contribution in [0, 0.1) is 6.92 Å². The Hall–Kier alpha value is -1.96. The summed E-state index contributed by atoms with van der Waals surface area (Å²) < 4.78 is 6.28. The molecule has 1 aromatic heterocycles. The zero-order valence-electron chi connectivity index (χ0n) is 18.2. The van der Waals surface area contributed by atoms with E-state index in [9.17, 15) is 9.90 Å². The van der Waals surface area contributed by atoms with E-state index in [4.69, 9.17) is 9.72 Å². The Morgan fingerprint density at radius 3 is 2.71 bits per heavy atom. The minimum Gasteiger partial charge on any atom is -0.391 e. The number of aromatic nitrogens is 1. The predicted octanol–water partition coefficient (Wildman–Crippen LogP) is 4.95. The van der Waals surface area contributed by atoms with Gasteiger partial charge in [0.2, 0.25) is 0 Å². The van der Waals surface area contributed by atoms with Gasteiger partial charge < -0.3 is 20.5 Å². The van der Waals surface area contributed by atoms with E-state index >= 15 is 0 Å². The summed E-state index contributed by atoms with van der Waals surface area (Å²) in [6.45, 7) is 7.61. The number of nitrogens with zero attached hydrogens (tertiary/aromatic N) is 1. The van der Waals surface area contributed by atoms with Crippen molar-refractivity contribution >= 4 is 27.6 Å². The van der Waals surface area contributed by atoms with Crippen LogP contribution in [0.3, 0.4) is 0 Å². The Kier molecular flexibility index (Phi) is 6.37.